The summed E-state index contributed by atoms with van der Waals surface area (Å²) >= 11 is 0. The Hall–Kier alpha value is -1.95. The molecule has 1 aromatic rings. The van der Waals surface area contributed by atoms with E-state index in [9.17, 15) is 15.0 Å². The highest BCUT2D eigenvalue weighted by molar-refractivity contribution is 5.77. The number of phenolic OH excluding ortho intramolecular Hbond substituents is 3. The van der Waals surface area contributed by atoms with Crippen LogP contribution in [-0.2, 0) is 11.3 Å². The summed E-state index contributed by atoms with van der Waals surface area (Å²) in [7, 11) is 1.70. The minimum absolute atomic E-state index is 0.0556. The normalized spacial score (nSPS) is 10.3. The van der Waals surface area contributed by atoms with Crippen LogP contribution in [-0.4, -0.2) is 46.3 Å². The largest absolute Gasteiger partial charge is 0.504 e. The molecule has 4 N–H and O–H groups in total. The van der Waals surface area contributed by atoms with E-state index in [4.69, 9.17) is 5.11 Å². The van der Waals surface area contributed by atoms with Crippen LogP contribution in [0.1, 0.15) is 12.5 Å². The number of phenols is 3. The van der Waals surface area contributed by atoms with Gasteiger partial charge >= 0.3 is 0 Å². The fourth-order valence-corrected chi connectivity index (χ4v) is 1.37. The Balaban J connectivity index is 2.55. The lowest BCUT2D eigenvalue weighted by atomic mass is 10.1. The van der Waals surface area contributed by atoms with Gasteiger partial charge in [0.05, 0.1) is 6.54 Å². The summed E-state index contributed by atoms with van der Waals surface area (Å²) in [6.45, 7) is 2.88. The van der Waals surface area contributed by atoms with E-state index in [1.807, 2.05) is 6.92 Å². The van der Waals surface area contributed by atoms with Crippen LogP contribution in [0.5, 0.6) is 17.2 Å². The molecule has 0 spiro atoms. The molecule has 6 nitrogen and oxygen atoms in total. The summed E-state index contributed by atoms with van der Waals surface area (Å²) in [5.41, 5.74) is 0.414. The Morgan fingerprint density at radius 1 is 1.28 bits per heavy atom. The molecule has 0 fully saturated rings. The zero-order valence-corrected chi connectivity index (χ0v) is 10.5. The van der Waals surface area contributed by atoms with Crippen molar-refractivity contribution in [3.05, 3.63) is 17.7 Å². The lowest BCUT2D eigenvalue weighted by Crippen LogP contribution is -2.35. The minimum Gasteiger partial charge on any atom is -0.504 e. The second-order valence-corrected chi connectivity index (χ2v) is 3.95. The minimum atomic E-state index is -0.550. The summed E-state index contributed by atoms with van der Waals surface area (Å²) in [4.78, 5) is 13.1. The molecule has 0 saturated heterocycles. The van der Waals surface area contributed by atoms with E-state index in [-0.39, 0.29) is 30.5 Å². The van der Waals surface area contributed by atoms with Crippen molar-refractivity contribution in [2.24, 2.45) is 0 Å². The first-order chi connectivity index (χ1) is 8.47. The average molecular weight is 254 g/mol. The third-order valence-electron chi connectivity index (χ3n) is 2.71. The van der Waals surface area contributed by atoms with E-state index in [1.165, 1.54) is 12.1 Å². The predicted octanol–water partition coefficient (Wildman–Crippen LogP) is 0.371. The van der Waals surface area contributed by atoms with Gasteiger partial charge in [0, 0.05) is 25.7 Å². The van der Waals surface area contributed by atoms with Crippen LogP contribution in [0.15, 0.2) is 12.1 Å². The molecule has 0 radical (unpaired) electrons. The number of aromatic hydroxyl groups is 3. The van der Waals surface area contributed by atoms with Gasteiger partial charge in [-0.25, -0.2) is 0 Å². The number of nitrogens with zero attached hydrogens (tertiary/aromatic N) is 1. The van der Waals surface area contributed by atoms with Gasteiger partial charge in [0.25, 0.3) is 0 Å². The topological polar surface area (TPSA) is 93.0 Å². The molecule has 1 amide bonds. The second-order valence-electron chi connectivity index (χ2n) is 3.95. The quantitative estimate of drug-likeness (QED) is 0.570. The number of hydrogen-bond acceptors (Lipinski definition) is 5. The molecule has 1 aromatic carbocycles. The number of carbonyl (C=O) groups is 1. The molecule has 1 rings (SSSR count). The first kappa shape index (κ1) is 14.1. The van der Waals surface area contributed by atoms with Gasteiger partial charge in [-0.3, -0.25) is 4.79 Å². The van der Waals surface area contributed by atoms with Gasteiger partial charge in [-0.2, -0.15) is 0 Å². The Morgan fingerprint density at radius 2 is 1.94 bits per heavy atom. The third-order valence-corrected chi connectivity index (χ3v) is 2.71. The van der Waals surface area contributed by atoms with Crippen LogP contribution in [0.25, 0.3) is 0 Å². The first-order valence-corrected chi connectivity index (χ1v) is 5.64. The van der Waals surface area contributed by atoms with Crippen LogP contribution in [0, 0.1) is 0 Å². The molecule has 0 atom stereocenters. The van der Waals surface area contributed by atoms with Crippen molar-refractivity contribution >= 4 is 5.91 Å². The summed E-state index contributed by atoms with van der Waals surface area (Å²) in [6.07, 6.45) is 0. The van der Waals surface area contributed by atoms with Crippen LogP contribution >= 0.6 is 0 Å². The van der Waals surface area contributed by atoms with E-state index >= 15 is 0 Å². The van der Waals surface area contributed by atoms with Crippen molar-refractivity contribution in [1.29, 1.82) is 0 Å². The van der Waals surface area contributed by atoms with Gasteiger partial charge in [0.2, 0.25) is 11.7 Å². The summed E-state index contributed by atoms with van der Waals surface area (Å²) in [6, 6.07) is 2.76. The van der Waals surface area contributed by atoms with Crippen LogP contribution in [0.3, 0.4) is 0 Å². The maximum absolute atomic E-state index is 11.5. The van der Waals surface area contributed by atoms with Gasteiger partial charge in [-0.1, -0.05) is 6.07 Å². The molecule has 0 unspecified atom stereocenters. The Morgan fingerprint density at radius 3 is 2.56 bits per heavy atom. The van der Waals surface area contributed by atoms with E-state index in [0.29, 0.717) is 12.1 Å². The number of amides is 1. The van der Waals surface area contributed by atoms with Crippen molar-refractivity contribution in [3.8, 4) is 17.2 Å². The highest BCUT2D eigenvalue weighted by Gasteiger charge is 2.11. The molecule has 0 saturated carbocycles. The zero-order chi connectivity index (χ0) is 13.7. The first-order valence-electron chi connectivity index (χ1n) is 5.64. The summed E-state index contributed by atoms with van der Waals surface area (Å²) < 4.78 is 0. The zero-order valence-electron chi connectivity index (χ0n) is 10.5. The average Bonchev–Trinajstić information content (AvgIpc) is 2.37. The molecular formula is C12H18N2O4. The SMILES string of the molecule is CCN(C)C(=O)CNCc1ccc(O)c(O)c1O. The second kappa shape index (κ2) is 6.11. The number of benzene rings is 1. The van der Waals surface area contributed by atoms with Crippen LogP contribution in [0.2, 0.25) is 0 Å². The molecule has 0 heterocycles. The Bertz CT molecular complexity index is 434. The van der Waals surface area contributed by atoms with Crippen molar-refractivity contribution < 1.29 is 20.1 Å². The van der Waals surface area contributed by atoms with E-state index in [2.05, 4.69) is 5.32 Å². The Kier molecular flexibility index (Phi) is 4.79. The molecule has 0 bridgehead atoms. The molecule has 0 aliphatic carbocycles. The van der Waals surface area contributed by atoms with Gasteiger partial charge < -0.3 is 25.5 Å². The number of nitrogens with one attached hydrogen (secondary N) is 1. The number of rotatable bonds is 5. The fraction of sp³-hybridized carbons (Fsp3) is 0.417. The lowest BCUT2D eigenvalue weighted by molar-refractivity contribution is -0.128. The van der Waals surface area contributed by atoms with E-state index in [0.717, 1.165) is 0 Å². The van der Waals surface area contributed by atoms with Gasteiger partial charge in [-0.05, 0) is 13.0 Å². The number of hydrogen-bond donors (Lipinski definition) is 4. The van der Waals surface area contributed by atoms with E-state index < -0.39 is 5.75 Å². The van der Waals surface area contributed by atoms with Gasteiger partial charge in [-0.15, -0.1) is 0 Å². The standard InChI is InChI=1S/C12H18N2O4/c1-3-14(2)10(16)7-13-6-8-4-5-9(15)12(18)11(8)17/h4-5,13,15,17-18H,3,6-7H2,1-2H3. The van der Waals surface area contributed by atoms with Crippen molar-refractivity contribution in [2.45, 2.75) is 13.5 Å². The monoisotopic (exact) mass is 254 g/mol. The molecule has 18 heavy (non-hydrogen) atoms. The van der Waals surface area contributed by atoms with Crippen LogP contribution in [0.4, 0.5) is 0 Å². The van der Waals surface area contributed by atoms with Crippen molar-refractivity contribution in [3.63, 3.8) is 0 Å². The number of carbonyl (C=O) groups excluding carboxylic acids is 1. The van der Waals surface area contributed by atoms with Crippen molar-refractivity contribution in [2.75, 3.05) is 20.1 Å². The van der Waals surface area contributed by atoms with E-state index in [1.54, 1.807) is 11.9 Å². The summed E-state index contributed by atoms with van der Waals surface area (Å²) in [5, 5.41) is 30.9. The van der Waals surface area contributed by atoms with Gasteiger partial charge in [0.1, 0.15) is 0 Å². The molecule has 0 aromatic heterocycles. The summed E-state index contributed by atoms with van der Waals surface area (Å²) in [5.74, 6) is -1.36. The van der Waals surface area contributed by atoms with Crippen molar-refractivity contribution in [1.82, 2.24) is 10.2 Å². The maximum Gasteiger partial charge on any atom is 0.236 e. The molecule has 100 valence electrons. The predicted molar refractivity (Wildman–Crippen MR) is 66.5 cm³/mol. The highest BCUT2D eigenvalue weighted by atomic mass is 16.3. The highest BCUT2D eigenvalue weighted by Crippen LogP contribution is 2.36. The van der Waals surface area contributed by atoms with Crippen LogP contribution < -0.4 is 5.32 Å². The Labute approximate surface area is 105 Å². The molecular weight excluding hydrogens is 236 g/mol. The number of likely N-dealkylation sites (N-methyl/N-ethyl adjacent to an activating group) is 1. The fourth-order valence-electron chi connectivity index (χ4n) is 1.37. The smallest absolute Gasteiger partial charge is 0.236 e. The van der Waals surface area contributed by atoms with Gasteiger partial charge in [0.15, 0.2) is 11.5 Å². The molecule has 6 heteroatoms. The maximum atomic E-state index is 11.5. The molecule has 0 aliphatic heterocycles. The molecule has 0 aliphatic rings. The lowest BCUT2D eigenvalue weighted by Gasteiger charge is -2.15. The third kappa shape index (κ3) is 3.27.